The van der Waals surface area contributed by atoms with Crippen molar-refractivity contribution in [3.05, 3.63) is 0 Å². The molecule has 2 aliphatic rings. The summed E-state index contributed by atoms with van der Waals surface area (Å²) in [6, 6.07) is 0.0428. The lowest BCUT2D eigenvalue weighted by Crippen LogP contribution is -2.39. The van der Waals surface area contributed by atoms with Crippen LogP contribution in [-0.4, -0.2) is 55.1 Å². The fourth-order valence-corrected chi connectivity index (χ4v) is 2.80. The van der Waals surface area contributed by atoms with Gasteiger partial charge in [-0.2, -0.15) is 0 Å². The minimum atomic E-state index is 0.0428. The van der Waals surface area contributed by atoms with E-state index in [1.807, 2.05) is 4.90 Å². The van der Waals surface area contributed by atoms with E-state index in [9.17, 15) is 4.79 Å². The molecule has 1 amide bonds. The Morgan fingerprint density at radius 1 is 1.35 bits per heavy atom. The number of piperidine rings is 1. The van der Waals surface area contributed by atoms with Crippen molar-refractivity contribution >= 4 is 5.91 Å². The topological polar surface area (TPSA) is 35.6 Å². The van der Waals surface area contributed by atoms with Crippen molar-refractivity contribution in [1.82, 2.24) is 15.1 Å². The number of likely N-dealkylation sites (tertiary alicyclic amines) is 1. The monoisotopic (exact) mass is 239 g/mol. The highest BCUT2D eigenvalue weighted by Gasteiger charge is 2.34. The van der Waals surface area contributed by atoms with Crippen LogP contribution in [0.5, 0.6) is 0 Å². The highest BCUT2D eigenvalue weighted by Crippen LogP contribution is 2.20. The van der Waals surface area contributed by atoms with Crippen molar-refractivity contribution < 1.29 is 4.79 Å². The number of amides is 1. The van der Waals surface area contributed by atoms with Crippen LogP contribution >= 0.6 is 0 Å². The van der Waals surface area contributed by atoms with Gasteiger partial charge in [0, 0.05) is 6.54 Å². The van der Waals surface area contributed by atoms with E-state index in [4.69, 9.17) is 0 Å². The highest BCUT2D eigenvalue weighted by molar-refractivity contribution is 5.84. The number of rotatable bonds is 3. The Morgan fingerprint density at radius 2 is 2.00 bits per heavy atom. The third-order valence-corrected chi connectivity index (χ3v) is 4.06. The molecule has 4 heteroatoms. The van der Waals surface area contributed by atoms with Gasteiger partial charge < -0.3 is 9.80 Å². The molecule has 0 spiro atoms. The molecule has 0 saturated carbocycles. The molecule has 0 radical (unpaired) electrons. The average molecular weight is 239 g/mol. The zero-order valence-corrected chi connectivity index (χ0v) is 11.3. The van der Waals surface area contributed by atoms with Crippen molar-refractivity contribution in [2.45, 2.75) is 32.7 Å². The normalized spacial score (nSPS) is 28.4. The maximum absolute atomic E-state index is 12.1. The van der Waals surface area contributed by atoms with E-state index in [-0.39, 0.29) is 6.04 Å². The zero-order chi connectivity index (χ0) is 12.4. The van der Waals surface area contributed by atoms with Gasteiger partial charge in [-0.25, -0.2) is 0 Å². The summed E-state index contributed by atoms with van der Waals surface area (Å²) in [6.07, 6.45) is 2.46. The molecule has 1 N–H and O–H groups in total. The van der Waals surface area contributed by atoms with Crippen LogP contribution < -0.4 is 5.32 Å². The molecule has 0 aromatic rings. The summed E-state index contributed by atoms with van der Waals surface area (Å²) >= 11 is 0. The van der Waals surface area contributed by atoms with E-state index >= 15 is 0 Å². The summed E-state index contributed by atoms with van der Waals surface area (Å²) in [5.74, 6) is 1.40. The summed E-state index contributed by atoms with van der Waals surface area (Å²) in [5.41, 5.74) is 0. The molecule has 2 saturated heterocycles. The molecule has 2 heterocycles. The quantitative estimate of drug-likeness (QED) is 0.789. The Labute approximate surface area is 104 Å². The second-order valence-electron chi connectivity index (χ2n) is 5.89. The Balaban J connectivity index is 1.82. The van der Waals surface area contributed by atoms with Crippen LogP contribution in [-0.2, 0) is 4.79 Å². The Kier molecular flexibility index (Phi) is 4.05. The fourth-order valence-electron chi connectivity index (χ4n) is 2.80. The van der Waals surface area contributed by atoms with Crippen LogP contribution in [0, 0.1) is 11.8 Å². The van der Waals surface area contributed by atoms with Gasteiger partial charge in [-0.1, -0.05) is 13.8 Å². The maximum Gasteiger partial charge on any atom is 0.241 e. The van der Waals surface area contributed by atoms with Gasteiger partial charge in [0.25, 0.3) is 0 Å². The summed E-state index contributed by atoms with van der Waals surface area (Å²) < 4.78 is 0. The van der Waals surface area contributed by atoms with Gasteiger partial charge in [0.05, 0.1) is 12.7 Å². The Bertz CT molecular complexity index is 272. The van der Waals surface area contributed by atoms with Gasteiger partial charge in [0.2, 0.25) is 5.91 Å². The van der Waals surface area contributed by atoms with Crippen molar-refractivity contribution in [2.75, 3.05) is 33.4 Å². The molecule has 1 atom stereocenters. The lowest BCUT2D eigenvalue weighted by molar-refractivity contribution is -0.130. The molecule has 0 aromatic carbocycles. The molecule has 2 rings (SSSR count). The zero-order valence-electron chi connectivity index (χ0n) is 11.3. The molecule has 98 valence electrons. The molecule has 0 bridgehead atoms. The first-order chi connectivity index (χ1) is 8.08. The van der Waals surface area contributed by atoms with Crippen molar-refractivity contribution in [3.8, 4) is 0 Å². The molecule has 4 nitrogen and oxygen atoms in total. The van der Waals surface area contributed by atoms with E-state index in [1.165, 1.54) is 25.9 Å². The predicted octanol–water partition coefficient (Wildman–Crippen LogP) is 0.742. The highest BCUT2D eigenvalue weighted by atomic mass is 16.2. The third kappa shape index (κ3) is 2.99. The van der Waals surface area contributed by atoms with E-state index in [0.29, 0.717) is 17.7 Å². The second kappa shape index (κ2) is 5.36. The second-order valence-corrected chi connectivity index (χ2v) is 5.89. The molecule has 1 unspecified atom stereocenters. The predicted molar refractivity (Wildman–Crippen MR) is 68.6 cm³/mol. The SMILES string of the molecule is CC(C)C1NCN(CC2CCN(C)CC2)C1=O. The summed E-state index contributed by atoms with van der Waals surface area (Å²) in [5, 5.41) is 3.32. The molecule has 2 aliphatic heterocycles. The Morgan fingerprint density at radius 3 is 2.53 bits per heavy atom. The van der Waals surface area contributed by atoms with Crippen LogP contribution in [0.3, 0.4) is 0 Å². The van der Waals surface area contributed by atoms with Crippen LogP contribution in [0.25, 0.3) is 0 Å². The van der Waals surface area contributed by atoms with Crippen molar-refractivity contribution in [2.24, 2.45) is 11.8 Å². The first-order valence-corrected chi connectivity index (χ1v) is 6.78. The number of hydrogen-bond acceptors (Lipinski definition) is 3. The lowest BCUT2D eigenvalue weighted by Gasteiger charge is -2.31. The van der Waals surface area contributed by atoms with Crippen LogP contribution in [0.1, 0.15) is 26.7 Å². The number of carbonyl (C=O) groups excluding carboxylic acids is 1. The van der Waals surface area contributed by atoms with Gasteiger partial charge in [-0.05, 0) is 44.8 Å². The van der Waals surface area contributed by atoms with Gasteiger partial charge in [-0.3, -0.25) is 10.1 Å². The fraction of sp³-hybridized carbons (Fsp3) is 0.923. The molecular weight excluding hydrogens is 214 g/mol. The average Bonchev–Trinajstić information content (AvgIpc) is 2.64. The van der Waals surface area contributed by atoms with E-state index in [0.717, 1.165) is 13.2 Å². The van der Waals surface area contributed by atoms with Gasteiger partial charge in [0.15, 0.2) is 0 Å². The first-order valence-electron chi connectivity index (χ1n) is 6.78. The van der Waals surface area contributed by atoms with Crippen LogP contribution in [0.15, 0.2) is 0 Å². The maximum atomic E-state index is 12.1. The lowest BCUT2D eigenvalue weighted by atomic mass is 9.96. The molecule has 0 aromatic heterocycles. The number of carbonyl (C=O) groups is 1. The largest absolute Gasteiger partial charge is 0.328 e. The molecule has 0 aliphatic carbocycles. The number of nitrogens with one attached hydrogen (secondary N) is 1. The van der Waals surface area contributed by atoms with Crippen LogP contribution in [0.4, 0.5) is 0 Å². The minimum absolute atomic E-state index is 0.0428. The summed E-state index contributed by atoms with van der Waals surface area (Å²) in [4.78, 5) is 16.5. The minimum Gasteiger partial charge on any atom is -0.328 e. The standard InChI is InChI=1S/C13H25N3O/c1-10(2)12-13(17)16(9-14-12)8-11-4-6-15(3)7-5-11/h10-12,14H,4-9H2,1-3H3. The van der Waals surface area contributed by atoms with Gasteiger partial charge in [0.1, 0.15) is 0 Å². The number of nitrogens with zero attached hydrogens (tertiary/aromatic N) is 2. The summed E-state index contributed by atoms with van der Waals surface area (Å²) in [6.45, 7) is 8.25. The van der Waals surface area contributed by atoms with Crippen molar-refractivity contribution in [3.63, 3.8) is 0 Å². The molecule has 17 heavy (non-hydrogen) atoms. The van der Waals surface area contributed by atoms with Crippen LogP contribution in [0.2, 0.25) is 0 Å². The molecular formula is C13H25N3O. The van der Waals surface area contributed by atoms with Gasteiger partial charge in [-0.15, -0.1) is 0 Å². The van der Waals surface area contributed by atoms with Gasteiger partial charge >= 0.3 is 0 Å². The van der Waals surface area contributed by atoms with E-state index < -0.39 is 0 Å². The van der Waals surface area contributed by atoms with E-state index in [2.05, 4.69) is 31.1 Å². The molecule has 2 fully saturated rings. The first kappa shape index (κ1) is 12.8. The number of hydrogen-bond donors (Lipinski definition) is 1. The smallest absolute Gasteiger partial charge is 0.241 e. The van der Waals surface area contributed by atoms with Crippen molar-refractivity contribution in [1.29, 1.82) is 0 Å². The van der Waals surface area contributed by atoms with E-state index in [1.54, 1.807) is 0 Å². The Hall–Kier alpha value is -0.610. The third-order valence-electron chi connectivity index (χ3n) is 4.06. The summed E-state index contributed by atoms with van der Waals surface area (Å²) in [7, 11) is 2.17.